The van der Waals surface area contributed by atoms with Crippen molar-refractivity contribution in [1.29, 1.82) is 0 Å². The molecule has 0 spiro atoms. The average molecular weight is 341 g/mol. The molecule has 4 heteroatoms. The molecule has 3 rings (SSSR count). The van der Waals surface area contributed by atoms with E-state index >= 15 is 0 Å². The van der Waals surface area contributed by atoms with E-state index in [0.29, 0.717) is 12.5 Å². The number of fused-ring (bicyclic) bond motifs is 1. The number of ether oxygens (including phenoxy) is 2. The first-order valence-corrected chi connectivity index (χ1v) is 8.25. The van der Waals surface area contributed by atoms with Crippen molar-refractivity contribution >= 4 is 15.9 Å². The van der Waals surface area contributed by atoms with Crippen LogP contribution in [0, 0.1) is 0 Å². The number of halogens is 1. The lowest BCUT2D eigenvalue weighted by atomic mass is 9.99. The van der Waals surface area contributed by atoms with Gasteiger partial charge in [-0.25, -0.2) is 0 Å². The van der Waals surface area contributed by atoms with Crippen LogP contribution in [0.1, 0.15) is 36.8 Å². The molecule has 110 valence electrons. The summed E-state index contributed by atoms with van der Waals surface area (Å²) in [5.41, 5.74) is 2.37. The van der Waals surface area contributed by atoms with Crippen molar-refractivity contribution < 1.29 is 14.6 Å². The molecule has 1 aromatic carbocycles. The Balaban J connectivity index is 1.59. The van der Waals surface area contributed by atoms with Gasteiger partial charge in [0.15, 0.2) is 0 Å². The van der Waals surface area contributed by atoms with E-state index in [0.717, 1.165) is 61.1 Å². The first-order valence-electron chi connectivity index (χ1n) is 7.46. The van der Waals surface area contributed by atoms with Crippen molar-refractivity contribution in [2.45, 2.75) is 50.7 Å². The van der Waals surface area contributed by atoms with Crippen LogP contribution in [-0.2, 0) is 17.6 Å². The second-order valence-corrected chi connectivity index (χ2v) is 6.64. The van der Waals surface area contributed by atoms with Gasteiger partial charge in [0.05, 0.1) is 18.8 Å². The Kier molecular flexibility index (Phi) is 4.64. The minimum Gasteiger partial charge on any atom is -0.493 e. The second-order valence-electron chi connectivity index (χ2n) is 5.72. The van der Waals surface area contributed by atoms with Crippen LogP contribution in [0.5, 0.6) is 5.75 Å². The fourth-order valence-electron chi connectivity index (χ4n) is 3.10. The highest BCUT2D eigenvalue weighted by Gasteiger charge is 2.21. The number of aliphatic hydroxyl groups is 1. The monoisotopic (exact) mass is 340 g/mol. The lowest BCUT2D eigenvalue weighted by Crippen LogP contribution is -2.15. The second kappa shape index (κ2) is 6.46. The molecule has 20 heavy (non-hydrogen) atoms. The molecule has 0 saturated carbocycles. The summed E-state index contributed by atoms with van der Waals surface area (Å²) in [5.74, 6) is 0.990. The lowest BCUT2D eigenvalue weighted by Gasteiger charge is -2.16. The maximum Gasteiger partial charge on any atom is 0.125 e. The molecule has 0 aromatic heterocycles. The molecule has 2 atom stereocenters. The van der Waals surface area contributed by atoms with Crippen LogP contribution in [0.15, 0.2) is 16.6 Å². The fraction of sp³-hybridized carbons (Fsp3) is 0.625. The van der Waals surface area contributed by atoms with Crippen molar-refractivity contribution in [2.24, 2.45) is 0 Å². The van der Waals surface area contributed by atoms with Crippen molar-refractivity contribution in [1.82, 2.24) is 0 Å². The summed E-state index contributed by atoms with van der Waals surface area (Å²) in [5, 5.41) is 10.3. The van der Waals surface area contributed by atoms with E-state index in [1.807, 2.05) is 0 Å². The Morgan fingerprint density at radius 2 is 2.25 bits per heavy atom. The molecule has 2 aliphatic heterocycles. The highest BCUT2D eigenvalue weighted by atomic mass is 79.9. The van der Waals surface area contributed by atoms with Crippen LogP contribution in [0.4, 0.5) is 0 Å². The third-order valence-corrected chi connectivity index (χ3v) is 4.58. The Hall–Kier alpha value is -0.580. The summed E-state index contributed by atoms with van der Waals surface area (Å²) in [6.45, 7) is 1.64. The Morgan fingerprint density at radius 3 is 3.05 bits per heavy atom. The standard InChI is InChI=1S/C16H21BrO3/c17-13-8-11-5-7-20-16(11)12(9-13)10-14(18)3-4-15-2-1-6-19-15/h8-9,14-15,18H,1-7,10H2. The fourth-order valence-corrected chi connectivity index (χ4v) is 3.66. The van der Waals surface area contributed by atoms with Gasteiger partial charge in [-0.1, -0.05) is 15.9 Å². The third kappa shape index (κ3) is 3.35. The molecule has 3 nitrogen and oxygen atoms in total. The third-order valence-electron chi connectivity index (χ3n) is 4.13. The van der Waals surface area contributed by atoms with Crippen molar-refractivity contribution in [3.63, 3.8) is 0 Å². The SMILES string of the molecule is OC(CCC1CCCO1)Cc1cc(Br)cc2c1OCC2. The van der Waals surface area contributed by atoms with E-state index in [-0.39, 0.29) is 6.10 Å². The van der Waals surface area contributed by atoms with Crippen LogP contribution in [0.3, 0.4) is 0 Å². The van der Waals surface area contributed by atoms with Crippen LogP contribution in [0.25, 0.3) is 0 Å². The Morgan fingerprint density at radius 1 is 1.35 bits per heavy atom. The van der Waals surface area contributed by atoms with E-state index in [1.165, 1.54) is 5.56 Å². The van der Waals surface area contributed by atoms with E-state index in [9.17, 15) is 5.11 Å². The Labute approximate surface area is 128 Å². The van der Waals surface area contributed by atoms with Crippen molar-refractivity contribution in [3.05, 3.63) is 27.7 Å². The zero-order chi connectivity index (χ0) is 13.9. The largest absolute Gasteiger partial charge is 0.493 e. The zero-order valence-corrected chi connectivity index (χ0v) is 13.2. The number of rotatable bonds is 5. The average Bonchev–Trinajstić information content (AvgIpc) is 3.06. The maximum atomic E-state index is 10.3. The van der Waals surface area contributed by atoms with Gasteiger partial charge in [-0.2, -0.15) is 0 Å². The first-order chi connectivity index (χ1) is 9.72. The van der Waals surface area contributed by atoms with Gasteiger partial charge >= 0.3 is 0 Å². The molecule has 1 saturated heterocycles. The normalized spacial score (nSPS) is 22.6. The number of hydrogen-bond acceptors (Lipinski definition) is 3. The van der Waals surface area contributed by atoms with Gasteiger partial charge in [0.25, 0.3) is 0 Å². The molecule has 1 N–H and O–H groups in total. The number of hydrogen-bond donors (Lipinski definition) is 1. The van der Waals surface area contributed by atoms with Gasteiger partial charge in [0, 0.05) is 23.9 Å². The van der Waals surface area contributed by atoms with Crippen LogP contribution in [-0.4, -0.2) is 30.5 Å². The molecular formula is C16H21BrO3. The zero-order valence-electron chi connectivity index (χ0n) is 11.6. The van der Waals surface area contributed by atoms with Gasteiger partial charge in [0.2, 0.25) is 0 Å². The quantitative estimate of drug-likeness (QED) is 0.894. The van der Waals surface area contributed by atoms with Crippen molar-refractivity contribution in [3.8, 4) is 5.75 Å². The van der Waals surface area contributed by atoms with Gasteiger partial charge in [-0.15, -0.1) is 0 Å². The lowest BCUT2D eigenvalue weighted by molar-refractivity contribution is 0.0811. The van der Waals surface area contributed by atoms with Crippen LogP contribution in [0.2, 0.25) is 0 Å². The van der Waals surface area contributed by atoms with E-state index in [2.05, 4.69) is 28.1 Å². The number of benzene rings is 1. The molecule has 1 fully saturated rings. The van der Waals surface area contributed by atoms with Gasteiger partial charge in [-0.05, 0) is 48.9 Å². The highest BCUT2D eigenvalue weighted by Crippen LogP contribution is 2.34. The molecule has 2 unspecified atom stereocenters. The molecule has 0 bridgehead atoms. The molecule has 2 aliphatic rings. The smallest absolute Gasteiger partial charge is 0.125 e. The number of aliphatic hydroxyl groups excluding tert-OH is 1. The van der Waals surface area contributed by atoms with E-state index in [1.54, 1.807) is 0 Å². The highest BCUT2D eigenvalue weighted by molar-refractivity contribution is 9.10. The molecule has 0 amide bonds. The van der Waals surface area contributed by atoms with Gasteiger partial charge < -0.3 is 14.6 Å². The van der Waals surface area contributed by atoms with Crippen LogP contribution >= 0.6 is 15.9 Å². The molecule has 0 radical (unpaired) electrons. The summed E-state index contributed by atoms with van der Waals surface area (Å²) in [6.07, 6.45) is 5.72. The van der Waals surface area contributed by atoms with E-state index < -0.39 is 0 Å². The first kappa shape index (κ1) is 14.4. The van der Waals surface area contributed by atoms with Gasteiger partial charge in [0.1, 0.15) is 5.75 Å². The van der Waals surface area contributed by atoms with Crippen LogP contribution < -0.4 is 4.74 Å². The van der Waals surface area contributed by atoms with E-state index in [4.69, 9.17) is 9.47 Å². The minimum absolute atomic E-state index is 0.318. The molecule has 2 heterocycles. The van der Waals surface area contributed by atoms with Gasteiger partial charge in [-0.3, -0.25) is 0 Å². The predicted octanol–water partition coefficient (Wildman–Crippen LogP) is 3.25. The topological polar surface area (TPSA) is 38.7 Å². The predicted molar refractivity (Wildman–Crippen MR) is 81.3 cm³/mol. The summed E-state index contributed by atoms with van der Waals surface area (Å²) in [7, 11) is 0. The summed E-state index contributed by atoms with van der Waals surface area (Å²) in [6, 6.07) is 4.18. The Bertz CT molecular complexity index is 469. The minimum atomic E-state index is -0.318. The summed E-state index contributed by atoms with van der Waals surface area (Å²) in [4.78, 5) is 0. The van der Waals surface area contributed by atoms with Crippen molar-refractivity contribution in [2.75, 3.05) is 13.2 Å². The summed E-state index contributed by atoms with van der Waals surface area (Å²) < 4.78 is 12.4. The molecule has 0 aliphatic carbocycles. The summed E-state index contributed by atoms with van der Waals surface area (Å²) >= 11 is 3.54. The maximum absolute atomic E-state index is 10.3. The molecule has 1 aromatic rings. The molecular weight excluding hydrogens is 320 g/mol.